The van der Waals surface area contributed by atoms with Crippen LogP contribution in [0.5, 0.6) is 5.75 Å². The van der Waals surface area contributed by atoms with E-state index in [1.54, 1.807) is 0 Å². The molecule has 88 valence electrons. The van der Waals surface area contributed by atoms with Crippen LogP contribution in [0.4, 0.5) is 0 Å². The molecular formula is C14H20O2. The summed E-state index contributed by atoms with van der Waals surface area (Å²) in [5, 5.41) is 9.18. The Morgan fingerprint density at radius 3 is 2.62 bits per heavy atom. The molecule has 0 amide bonds. The fourth-order valence-corrected chi connectivity index (χ4v) is 2.34. The summed E-state index contributed by atoms with van der Waals surface area (Å²) >= 11 is 0. The Labute approximate surface area is 97.3 Å². The molecule has 1 saturated carbocycles. The molecule has 1 aromatic rings. The van der Waals surface area contributed by atoms with Gasteiger partial charge in [0.1, 0.15) is 5.75 Å². The Balaban J connectivity index is 1.88. The van der Waals surface area contributed by atoms with Crippen LogP contribution in [0.1, 0.15) is 37.7 Å². The van der Waals surface area contributed by atoms with E-state index in [1.165, 1.54) is 32.1 Å². The van der Waals surface area contributed by atoms with Crippen molar-refractivity contribution in [1.82, 2.24) is 0 Å². The second kappa shape index (κ2) is 5.90. The highest BCUT2D eigenvalue weighted by Crippen LogP contribution is 2.25. The summed E-state index contributed by atoms with van der Waals surface area (Å²) < 4.78 is 5.81. The number of ether oxygens (including phenoxy) is 1. The second-order valence-electron chi connectivity index (χ2n) is 4.58. The highest BCUT2D eigenvalue weighted by atomic mass is 16.5. The highest BCUT2D eigenvalue weighted by Gasteiger charge is 2.14. The van der Waals surface area contributed by atoms with Gasteiger partial charge in [0.05, 0.1) is 13.2 Å². The molecule has 1 aliphatic rings. The molecule has 1 fully saturated rings. The predicted octanol–water partition coefficient (Wildman–Crippen LogP) is 3.14. The Hall–Kier alpha value is -1.02. The largest absolute Gasteiger partial charge is 0.493 e. The molecule has 0 radical (unpaired) electrons. The zero-order valence-electron chi connectivity index (χ0n) is 9.69. The lowest BCUT2D eigenvalue weighted by molar-refractivity contribution is 0.201. The van der Waals surface area contributed by atoms with E-state index in [0.29, 0.717) is 5.92 Å². The van der Waals surface area contributed by atoms with E-state index < -0.39 is 0 Å². The molecule has 1 N–H and O–H groups in total. The van der Waals surface area contributed by atoms with Crippen LogP contribution in [0.25, 0.3) is 0 Å². The van der Waals surface area contributed by atoms with Crippen molar-refractivity contribution >= 4 is 0 Å². The summed E-state index contributed by atoms with van der Waals surface area (Å²) in [5.74, 6) is 1.55. The van der Waals surface area contributed by atoms with Crippen LogP contribution < -0.4 is 4.74 Å². The van der Waals surface area contributed by atoms with Gasteiger partial charge in [-0.25, -0.2) is 0 Å². The fraction of sp³-hybridized carbons (Fsp3) is 0.571. The van der Waals surface area contributed by atoms with E-state index in [-0.39, 0.29) is 6.61 Å². The van der Waals surface area contributed by atoms with Gasteiger partial charge in [0.2, 0.25) is 0 Å². The van der Waals surface area contributed by atoms with E-state index in [2.05, 4.69) is 0 Å². The van der Waals surface area contributed by atoms with Crippen LogP contribution in [0.15, 0.2) is 24.3 Å². The standard InChI is InChI=1S/C14H20O2/c15-10-13-8-4-5-9-14(13)16-11-12-6-2-1-3-7-12/h4-5,8-9,12,15H,1-3,6-7,10-11H2. The minimum Gasteiger partial charge on any atom is -0.493 e. The van der Waals surface area contributed by atoms with Gasteiger partial charge in [0, 0.05) is 5.56 Å². The lowest BCUT2D eigenvalue weighted by atomic mass is 9.90. The van der Waals surface area contributed by atoms with Crippen LogP contribution in [0, 0.1) is 5.92 Å². The summed E-state index contributed by atoms with van der Waals surface area (Å²) in [5.41, 5.74) is 0.887. The van der Waals surface area contributed by atoms with Gasteiger partial charge in [0.25, 0.3) is 0 Å². The maximum atomic E-state index is 9.18. The fourth-order valence-electron chi connectivity index (χ4n) is 2.34. The molecule has 0 spiro atoms. The summed E-state index contributed by atoms with van der Waals surface area (Å²) in [6, 6.07) is 7.74. The van der Waals surface area contributed by atoms with Gasteiger partial charge in [-0.1, -0.05) is 37.5 Å². The van der Waals surface area contributed by atoms with Crippen molar-refractivity contribution in [2.24, 2.45) is 5.92 Å². The van der Waals surface area contributed by atoms with Gasteiger partial charge in [-0.2, -0.15) is 0 Å². The average molecular weight is 220 g/mol. The molecule has 2 heteroatoms. The van der Waals surface area contributed by atoms with Crippen molar-refractivity contribution in [1.29, 1.82) is 0 Å². The molecule has 2 rings (SSSR count). The number of aliphatic hydroxyl groups is 1. The van der Waals surface area contributed by atoms with Crippen LogP contribution in [-0.2, 0) is 6.61 Å². The van der Waals surface area contributed by atoms with Crippen molar-refractivity contribution in [3.8, 4) is 5.75 Å². The summed E-state index contributed by atoms with van der Waals surface area (Å²) in [6.45, 7) is 0.859. The SMILES string of the molecule is OCc1ccccc1OCC1CCCCC1. The smallest absolute Gasteiger partial charge is 0.124 e. The number of para-hydroxylation sites is 1. The first-order valence-electron chi connectivity index (χ1n) is 6.21. The molecule has 0 bridgehead atoms. The maximum absolute atomic E-state index is 9.18. The Bertz CT molecular complexity index is 316. The Morgan fingerprint density at radius 2 is 1.88 bits per heavy atom. The molecule has 0 unspecified atom stereocenters. The van der Waals surface area contributed by atoms with Crippen molar-refractivity contribution < 1.29 is 9.84 Å². The van der Waals surface area contributed by atoms with E-state index in [0.717, 1.165) is 17.9 Å². The van der Waals surface area contributed by atoms with Crippen molar-refractivity contribution in [3.05, 3.63) is 29.8 Å². The van der Waals surface area contributed by atoms with E-state index in [1.807, 2.05) is 24.3 Å². The Morgan fingerprint density at radius 1 is 1.12 bits per heavy atom. The molecule has 16 heavy (non-hydrogen) atoms. The molecule has 1 aliphatic carbocycles. The van der Waals surface area contributed by atoms with Crippen LogP contribution >= 0.6 is 0 Å². The molecule has 0 aliphatic heterocycles. The summed E-state index contributed by atoms with van der Waals surface area (Å²) in [6.07, 6.45) is 6.65. The molecule has 1 aromatic carbocycles. The van der Waals surface area contributed by atoms with Gasteiger partial charge >= 0.3 is 0 Å². The first kappa shape index (κ1) is 11.5. The topological polar surface area (TPSA) is 29.5 Å². The van der Waals surface area contributed by atoms with Gasteiger partial charge in [-0.05, 0) is 24.8 Å². The molecule has 2 nitrogen and oxygen atoms in total. The van der Waals surface area contributed by atoms with Gasteiger partial charge in [-0.15, -0.1) is 0 Å². The van der Waals surface area contributed by atoms with Gasteiger partial charge in [-0.3, -0.25) is 0 Å². The predicted molar refractivity (Wildman–Crippen MR) is 64.4 cm³/mol. The number of hydrogen-bond acceptors (Lipinski definition) is 2. The van der Waals surface area contributed by atoms with E-state index in [4.69, 9.17) is 4.74 Å². The maximum Gasteiger partial charge on any atom is 0.124 e. The van der Waals surface area contributed by atoms with E-state index >= 15 is 0 Å². The van der Waals surface area contributed by atoms with Gasteiger partial charge in [0.15, 0.2) is 0 Å². The lowest BCUT2D eigenvalue weighted by Crippen LogP contribution is -2.15. The third-order valence-corrected chi connectivity index (χ3v) is 3.34. The number of aliphatic hydroxyl groups excluding tert-OH is 1. The molecule has 0 saturated heterocycles. The third kappa shape index (κ3) is 2.99. The second-order valence-corrected chi connectivity index (χ2v) is 4.58. The quantitative estimate of drug-likeness (QED) is 0.844. The van der Waals surface area contributed by atoms with Crippen molar-refractivity contribution in [2.45, 2.75) is 38.7 Å². The monoisotopic (exact) mass is 220 g/mol. The Kier molecular flexibility index (Phi) is 4.23. The molecular weight excluding hydrogens is 200 g/mol. The minimum absolute atomic E-state index is 0.0564. The van der Waals surface area contributed by atoms with Crippen LogP contribution in [-0.4, -0.2) is 11.7 Å². The zero-order valence-corrected chi connectivity index (χ0v) is 9.69. The first-order chi connectivity index (χ1) is 7.90. The summed E-state index contributed by atoms with van der Waals surface area (Å²) in [7, 11) is 0. The van der Waals surface area contributed by atoms with Crippen molar-refractivity contribution in [2.75, 3.05) is 6.61 Å². The first-order valence-corrected chi connectivity index (χ1v) is 6.21. The number of rotatable bonds is 4. The highest BCUT2D eigenvalue weighted by molar-refractivity contribution is 5.32. The number of hydrogen-bond donors (Lipinski definition) is 1. The van der Waals surface area contributed by atoms with E-state index in [9.17, 15) is 5.11 Å². The summed E-state index contributed by atoms with van der Waals surface area (Å²) in [4.78, 5) is 0. The lowest BCUT2D eigenvalue weighted by Gasteiger charge is -2.22. The minimum atomic E-state index is 0.0564. The molecule has 0 atom stereocenters. The normalized spacial score (nSPS) is 17.3. The zero-order chi connectivity index (χ0) is 11.2. The number of benzene rings is 1. The van der Waals surface area contributed by atoms with Gasteiger partial charge < -0.3 is 9.84 Å². The van der Waals surface area contributed by atoms with Crippen LogP contribution in [0.2, 0.25) is 0 Å². The average Bonchev–Trinajstić information content (AvgIpc) is 2.38. The van der Waals surface area contributed by atoms with Crippen LogP contribution in [0.3, 0.4) is 0 Å². The molecule has 0 heterocycles. The van der Waals surface area contributed by atoms with Crippen molar-refractivity contribution in [3.63, 3.8) is 0 Å². The molecule has 0 aromatic heterocycles. The third-order valence-electron chi connectivity index (χ3n) is 3.34.